The van der Waals surface area contributed by atoms with Crippen molar-refractivity contribution in [3.63, 3.8) is 0 Å². The topological polar surface area (TPSA) is 447 Å². The van der Waals surface area contributed by atoms with Crippen molar-refractivity contribution in [2.75, 3.05) is 72.5 Å². The number of β-amino-alcohol motifs (C(OH)–C–C–N with tert-alkyl or cyclic N) is 3. The van der Waals surface area contributed by atoms with Crippen molar-refractivity contribution in [1.29, 1.82) is 0 Å². The van der Waals surface area contributed by atoms with E-state index >= 15 is 0 Å². The second-order valence-corrected chi connectivity index (χ2v) is 20.5. The zero-order valence-electron chi connectivity index (χ0n) is 45.7. The van der Waals surface area contributed by atoms with Crippen molar-refractivity contribution in [1.82, 2.24) is 14.7 Å². The van der Waals surface area contributed by atoms with Crippen LogP contribution in [0.15, 0.2) is 0 Å². The molecule has 79 heavy (non-hydrogen) atoms. The third-order valence-corrected chi connectivity index (χ3v) is 10.2. The number of hydrogen-bond acceptors (Lipinski definition) is 28. The van der Waals surface area contributed by atoms with E-state index in [0.717, 1.165) is 14.7 Å². The van der Waals surface area contributed by atoms with Gasteiger partial charge in [-0.15, -0.1) is 40.5 Å². The van der Waals surface area contributed by atoms with E-state index < -0.39 is 122 Å². The normalized spacial score (nSPS) is 20.1. The van der Waals surface area contributed by atoms with Gasteiger partial charge in [0.15, 0.2) is 0 Å². The van der Waals surface area contributed by atoms with Gasteiger partial charge in [-0.3, -0.25) is 14.7 Å². The van der Waals surface area contributed by atoms with Crippen LogP contribution < -0.4 is 0 Å². The predicted molar refractivity (Wildman–Crippen MR) is 260 cm³/mol. The molecule has 1 unspecified atom stereocenters. The van der Waals surface area contributed by atoms with Gasteiger partial charge in [-0.1, -0.05) is 0 Å². The predicted octanol–water partition coefficient (Wildman–Crippen LogP) is 1.87. The summed E-state index contributed by atoms with van der Waals surface area (Å²) >= 11 is 0. The van der Waals surface area contributed by atoms with Gasteiger partial charge in [-0.2, -0.15) is 0 Å². The molecule has 7 atom stereocenters. The molecule has 0 saturated carbocycles. The first-order chi connectivity index (χ1) is 36.6. The number of aliphatic hydroxyl groups is 3. The molecule has 35 nitrogen and oxygen atoms in total. The molecular weight excluding hydrogens is 1070 g/mol. The SMILES string of the molecule is CC(C)(C)OC(=O)N1C[C@H](O)C[C@H]1C(=O)OCCCCC(CO[N+](=O)[O-])O[N+](=O)[O-].CC(C)(C)OC(=O)N1C[C@H](O)C[C@H]1C(=O)OCCCCO[N+](=O)[O-].CC(C)(C)OC(=O)N1C[C@H](O)C[C@H]1C(=O)OCCOCCO[N+](=O)[O-]. The Morgan fingerprint density at radius 3 is 1.15 bits per heavy atom. The van der Waals surface area contributed by atoms with Gasteiger partial charge in [0.1, 0.15) is 60.9 Å². The van der Waals surface area contributed by atoms with Gasteiger partial charge in [0, 0.05) is 19.3 Å². The van der Waals surface area contributed by atoms with Gasteiger partial charge in [0.2, 0.25) is 0 Å². The lowest BCUT2D eigenvalue weighted by Gasteiger charge is -2.27. The summed E-state index contributed by atoms with van der Waals surface area (Å²) in [7, 11) is 0. The highest BCUT2D eigenvalue weighted by Crippen LogP contribution is 2.25. The molecule has 3 rings (SSSR count). The van der Waals surface area contributed by atoms with E-state index in [-0.39, 0.29) is 91.6 Å². The van der Waals surface area contributed by atoms with E-state index in [1.165, 1.54) is 0 Å². The summed E-state index contributed by atoms with van der Waals surface area (Å²) < 4.78 is 35.9. The number of ether oxygens (including phenoxy) is 7. The minimum absolute atomic E-state index is 0.00531. The Bertz CT molecular complexity index is 2000. The van der Waals surface area contributed by atoms with Crippen LogP contribution in [0.25, 0.3) is 0 Å². The fourth-order valence-electron chi connectivity index (χ4n) is 7.04. The highest BCUT2D eigenvalue weighted by Gasteiger charge is 2.44. The lowest BCUT2D eigenvalue weighted by Crippen LogP contribution is -2.44. The highest BCUT2D eigenvalue weighted by atomic mass is 17.0. The number of likely N-dealkylation sites (tertiary alicyclic amines) is 3. The quantitative estimate of drug-likeness (QED) is 0.0366. The molecule has 0 spiro atoms. The van der Waals surface area contributed by atoms with Crippen LogP contribution >= 0.6 is 0 Å². The number of unbranched alkanes of at least 4 members (excludes halogenated alkanes) is 2. The summed E-state index contributed by atoms with van der Waals surface area (Å²) in [6.45, 7) is 14.2. The van der Waals surface area contributed by atoms with Gasteiger partial charge < -0.3 is 67.8 Å². The molecule has 0 aromatic carbocycles. The van der Waals surface area contributed by atoms with Gasteiger partial charge in [-0.05, 0) is 94.4 Å². The van der Waals surface area contributed by atoms with E-state index in [1.54, 1.807) is 62.3 Å². The van der Waals surface area contributed by atoms with Crippen LogP contribution in [-0.2, 0) is 66.9 Å². The molecular formula is C44H75N7O28. The van der Waals surface area contributed by atoms with Crippen molar-refractivity contribution in [2.45, 2.75) is 173 Å². The fourth-order valence-corrected chi connectivity index (χ4v) is 7.04. The van der Waals surface area contributed by atoms with Crippen LogP contribution in [0.2, 0.25) is 0 Å². The first kappa shape index (κ1) is 69.9. The molecule has 3 N–H and O–H groups in total. The summed E-state index contributed by atoms with van der Waals surface area (Å²) in [5, 5.41) is 65.8. The van der Waals surface area contributed by atoms with Crippen molar-refractivity contribution >= 4 is 36.2 Å². The molecule has 3 aliphatic rings. The van der Waals surface area contributed by atoms with Gasteiger partial charge in [-0.25, -0.2) is 28.8 Å². The third-order valence-electron chi connectivity index (χ3n) is 10.2. The summed E-state index contributed by atoms with van der Waals surface area (Å²) in [6.07, 6.45) is -4.18. The molecule has 3 aliphatic heterocycles. The third kappa shape index (κ3) is 31.1. The highest BCUT2D eigenvalue weighted by molar-refractivity contribution is 5.84. The Kier molecular flexibility index (Phi) is 30.1. The number of aliphatic hydroxyl groups excluding tert-OH is 3. The molecule has 0 bridgehead atoms. The maximum absolute atomic E-state index is 12.3. The van der Waals surface area contributed by atoms with Crippen LogP contribution in [0, 0.1) is 40.5 Å². The van der Waals surface area contributed by atoms with Gasteiger partial charge in [0.25, 0.3) is 20.3 Å². The monoisotopic (exact) mass is 1150 g/mol. The van der Waals surface area contributed by atoms with Crippen LogP contribution in [0.5, 0.6) is 0 Å². The lowest BCUT2D eigenvalue weighted by atomic mass is 10.1. The first-order valence-electron chi connectivity index (χ1n) is 24.8. The molecule has 0 aromatic heterocycles. The van der Waals surface area contributed by atoms with Crippen LogP contribution in [-0.4, -0.2) is 218 Å². The zero-order chi connectivity index (χ0) is 60.3. The second-order valence-electron chi connectivity index (χ2n) is 20.5. The first-order valence-corrected chi connectivity index (χ1v) is 24.8. The molecule has 3 heterocycles. The van der Waals surface area contributed by atoms with Crippen molar-refractivity contribution < 1.29 is 117 Å². The van der Waals surface area contributed by atoms with Gasteiger partial charge in [0.05, 0.1) is 71.0 Å². The number of amides is 3. The number of carbonyl (C=O) groups is 6. The Hall–Kier alpha value is -7.14. The second kappa shape index (κ2) is 34.0. The van der Waals surface area contributed by atoms with E-state index in [9.17, 15) is 84.5 Å². The largest absolute Gasteiger partial charge is 0.464 e. The van der Waals surface area contributed by atoms with Crippen LogP contribution in [0.4, 0.5) is 14.4 Å². The molecule has 3 saturated heterocycles. The van der Waals surface area contributed by atoms with Gasteiger partial charge >= 0.3 is 36.2 Å². The summed E-state index contributed by atoms with van der Waals surface area (Å²) in [5.74, 6) is -2.01. The average molecular weight is 1150 g/mol. The van der Waals surface area contributed by atoms with E-state index in [4.69, 9.17) is 33.2 Å². The van der Waals surface area contributed by atoms with Crippen molar-refractivity contribution in [3.05, 3.63) is 40.5 Å². The molecule has 0 aliphatic carbocycles. The summed E-state index contributed by atoms with van der Waals surface area (Å²) in [6, 6.07) is -2.80. The lowest BCUT2D eigenvalue weighted by molar-refractivity contribution is -0.790. The molecule has 3 amide bonds. The Morgan fingerprint density at radius 2 is 0.797 bits per heavy atom. The smallest absolute Gasteiger partial charge is 0.411 e. The number of rotatable bonds is 26. The number of esters is 3. The molecule has 0 radical (unpaired) electrons. The minimum atomic E-state index is -1.13. The van der Waals surface area contributed by atoms with E-state index in [0.29, 0.717) is 25.7 Å². The fraction of sp³-hybridized carbons (Fsp3) is 0.864. The Morgan fingerprint density at radius 1 is 0.468 bits per heavy atom. The minimum Gasteiger partial charge on any atom is -0.464 e. The molecule has 454 valence electrons. The summed E-state index contributed by atoms with van der Waals surface area (Å²) in [5.41, 5.74) is -2.20. The molecule has 3 fully saturated rings. The van der Waals surface area contributed by atoms with Crippen molar-refractivity contribution in [2.24, 2.45) is 0 Å². The van der Waals surface area contributed by atoms with E-state index in [1.807, 2.05) is 0 Å². The van der Waals surface area contributed by atoms with Crippen LogP contribution in [0.1, 0.15) is 114 Å². The maximum Gasteiger partial charge on any atom is 0.411 e. The zero-order valence-corrected chi connectivity index (χ0v) is 45.7. The maximum atomic E-state index is 12.3. The number of carbonyl (C=O) groups excluding carboxylic acids is 6. The molecule has 35 heteroatoms. The Labute approximate surface area is 453 Å². The number of hydrogen-bond donors (Lipinski definition) is 3. The Balaban J connectivity index is 0.000000597. The molecule has 0 aromatic rings. The van der Waals surface area contributed by atoms with E-state index in [2.05, 4.69) is 19.4 Å². The summed E-state index contributed by atoms with van der Waals surface area (Å²) in [4.78, 5) is 133. The van der Waals surface area contributed by atoms with Crippen LogP contribution in [0.3, 0.4) is 0 Å². The standard InChI is InChI=1S/C16H27N3O11.C14H24N2O9.C14H24N2O8/c1-16(2,3)29-15(22)17-9-11(20)8-13(17)14(21)27-7-5-4-6-12(30-19(25)26)10-28-18(23)24;1-14(2,3)25-13(19)15-9-10(17)8-11(15)12(18)23-6-4-22-5-7-24-16(20)21;1-14(2,3)24-13(19)15-9-10(17)8-11(15)12(18)22-6-4-5-7-23-16(20)21/h11-13,20H,4-10H2,1-3H3;10-11,17H,4-9H2,1-3H3;10-11,17H,4-9H2,1-3H3/t11-,12?,13+;2*10-,11+/m111/s1. The average Bonchev–Trinajstić information content (AvgIpc) is 4.03. The number of nitrogens with zero attached hydrogens (tertiary/aromatic N) is 7. The van der Waals surface area contributed by atoms with Crippen molar-refractivity contribution in [3.8, 4) is 0 Å².